The highest BCUT2D eigenvalue weighted by atomic mass is 19.1. The minimum Gasteiger partial charge on any atom is -0.385 e. The molecule has 0 fully saturated rings. The van der Waals surface area contributed by atoms with Crippen LogP contribution in [0.1, 0.15) is 17.5 Å². The summed E-state index contributed by atoms with van der Waals surface area (Å²) in [5, 5.41) is 12.2. The topological polar surface area (TPSA) is 56.1 Å². The predicted molar refractivity (Wildman–Crippen MR) is 94.1 cm³/mol. The molecule has 0 spiro atoms. The number of hydrogen-bond acceptors (Lipinski definition) is 3. The van der Waals surface area contributed by atoms with Gasteiger partial charge in [0.1, 0.15) is 17.5 Å². The molecule has 25 heavy (non-hydrogen) atoms. The molecule has 0 atom stereocenters. The summed E-state index contributed by atoms with van der Waals surface area (Å²) >= 11 is 0. The van der Waals surface area contributed by atoms with Gasteiger partial charge in [-0.2, -0.15) is 5.26 Å². The van der Waals surface area contributed by atoms with Gasteiger partial charge in [-0.1, -0.05) is 36.4 Å². The predicted octanol–water partition coefficient (Wildman–Crippen LogP) is 3.30. The summed E-state index contributed by atoms with van der Waals surface area (Å²) < 4.78 is 13.6. The number of nitriles is 1. The third kappa shape index (κ3) is 3.69. The number of para-hydroxylation sites is 1. The summed E-state index contributed by atoms with van der Waals surface area (Å²) in [5.41, 5.74) is 2.45. The van der Waals surface area contributed by atoms with Crippen LogP contribution in [-0.2, 0) is 17.8 Å². The normalized spacial score (nSPS) is 13.8. The van der Waals surface area contributed by atoms with Gasteiger partial charge in [-0.3, -0.25) is 4.79 Å². The molecule has 0 aliphatic carbocycles. The zero-order chi connectivity index (χ0) is 17.6. The number of rotatable bonds is 4. The smallest absolute Gasteiger partial charge is 0.270 e. The summed E-state index contributed by atoms with van der Waals surface area (Å²) in [7, 11) is 0. The van der Waals surface area contributed by atoms with E-state index in [4.69, 9.17) is 0 Å². The van der Waals surface area contributed by atoms with E-state index in [1.54, 1.807) is 23.1 Å². The van der Waals surface area contributed by atoms with Gasteiger partial charge in [-0.05, 0) is 30.5 Å². The van der Waals surface area contributed by atoms with Crippen molar-refractivity contribution in [1.82, 2.24) is 5.32 Å². The van der Waals surface area contributed by atoms with Gasteiger partial charge in [0.2, 0.25) is 0 Å². The molecule has 0 unspecified atom stereocenters. The molecule has 1 aliphatic rings. The average molecular weight is 335 g/mol. The van der Waals surface area contributed by atoms with Crippen molar-refractivity contribution < 1.29 is 9.18 Å². The number of halogens is 1. The van der Waals surface area contributed by atoms with Crippen LogP contribution < -0.4 is 10.2 Å². The standard InChI is InChI=1S/C20H18FN3O/c21-18-9-3-1-7-16(18)13-23-14-17(12-22)20(25)24-11-5-8-15-6-2-4-10-19(15)24/h1-4,6-7,9-10,14,23H,5,8,11,13H2/b17-14-. The number of fused-ring (bicyclic) bond motifs is 1. The van der Waals surface area contributed by atoms with E-state index in [-0.39, 0.29) is 23.8 Å². The van der Waals surface area contributed by atoms with Crippen molar-refractivity contribution >= 4 is 11.6 Å². The SMILES string of the molecule is N#C/C(=C/NCc1ccccc1F)C(=O)N1CCCc2ccccc21. The van der Waals surface area contributed by atoms with E-state index >= 15 is 0 Å². The number of hydrogen-bond donors (Lipinski definition) is 1. The molecular formula is C20H18FN3O. The molecule has 2 aromatic rings. The summed E-state index contributed by atoms with van der Waals surface area (Å²) in [4.78, 5) is 14.4. The zero-order valence-corrected chi connectivity index (χ0v) is 13.7. The second-order valence-electron chi connectivity index (χ2n) is 5.83. The number of carbonyl (C=O) groups excluding carboxylic acids is 1. The molecular weight excluding hydrogens is 317 g/mol. The van der Waals surface area contributed by atoms with Crippen LogP contribution in [0.4, 0.5) is 10.1 Å². The highest BCUT2D eigenvalue weighted by molar-refractivity contribution is 6.08. The Morgan fingerprint density at radius 2 is 2.00 bits per heavy atom. The average Bonchev–Trinajstić information content (AvgIpc) is 2.65. The fraction of sp³-hybridized carbons (Fsp3) is 0.200. The maximum absolute atomic E-state index is 13.6. The van der Waals surface area contributed by atoms with Gasteiger partial charge in [0.15, 0.2) is 0 Å². The summed E-state index contributed by atoms with van der Waals surface area (Å²) in [6.07, 6.45) is 3.16. The molecule has 1 heterocycles. The van der Waals surface area contributed by atoms with Crippen molar-refractivity contribution in [2.24, 2.45) is 0 Å². The van der Waals surface area contributed by atoms with E-state index in [2.05, 4.69) is 5.32 Å². The van der Waals surface area contributed by atoms with Crippen molar-refractivity contribution in [2.75, 3.05) is 11.4 Å². The Labute approximate surface area is 146 Å². The van der Waals surface area contributed by atoms with E-state index in [0.717, 1.165) is 24.1 Å². The van der Waals surface area contributed by atoms with Crippen LogP contribution in [0.5, 0.6) is 0 Å². The van der Waals surface area contributed by atoms with E-state index < -0.39 is 0 Å². The first-order valence-electron chi connectivity index (χ1n) is 8.17. The van der Waals surface area contributed by atoms with Crippen LogP contribution in [-0.4, -0.2) is 12.5 Å². The largest absolute Gasteiger partial charge is 0.385 e. The number of nitrogens with one attached hydrogen (secondary N) is 1. The number of carbonyl (C=O) groups is 1. The Balaban J connectivity index is 1.74. The number of nitrogens with zero attached hydrogens (tertiary/aromatic N) is 2. The van der Waals surface area contributed by atoms with Crippen molar-refractivity contribution in [3.05, 3.63) is 77.2 Å². The van der Waals surface area contributed by atoms with Gasteiger partial charge in [0.25, 0.3) is 5.91 Å². The van der Waals surface area contributed by atoms with E-state index in [1.807, 2.05) is 30.3 Å². The molecule has 0 saturated carbocycles. The van der Waals surface area contributed by atoms with Crippen LogP contribution in [0.3, 0.4) is 0 Å². The molecule has 0 aromatic heterocycles. The lowest BCUT2D eigenvalue weighted by molar-refractivity contribution is -0.114. The Morgan fingerprint density at radius 1 is 1.24 bits per heavy atom. The number of amides is 1. The molecule has 1 amide bonds. The quantitative estimate of drug-likeness (QED) is 0.689. The number of aryl methyl sites for hydroxylation is 1. The van der Waals surface area contributed by atoms with E-state index in [9.17, 15) is 14.4 Å². The molecule has 3 rings (SSSR count). The van der Waals surface area contributed by atoms with Crippen LogP contribution in [0, 0.1) is 17.1 Å². The van der Waals surface area contributed by atoms with Crippen molar-refractivity contribution in [3.8, 4) is 6.07 Å². The highest BCUT2D eigenvalue weighted by Gasteiger charge is 2.24. The monoisotopic (exact) mass is 335 g/mol. The molecule has 0 bridgehead atoms. The van der Waals surface area contributed by atoms with Crippen LogP contribution >= 0.6 is 0 Å². The van der Waals surface area contributed by atoms with Crippen molar-refractivity contribution in [1.29, 1.82) is 5.26 Å². The summed E-state index contributed by atoms with van der Waals surface area (Å²) in [6, 6.07) is 16.1. The molecule has 1 aliphatic heterocycles. The van der Waals surface area contributed by atoms with Crippen LogP contribution in [0.25, 0.3) is 0 Å². The molecule has 4 nitrogen and oxygen atoms in total. The second kappa shape index (κ2) is 7.63. The van der Waals surface area contributed by atoms with Gasteiger partial charge in [0, 0.05) is 30.5 Å². The fourth-order valence-electron chi connectivity index (χ4n) is 2.94. The van der Waals surface area contributed by atoms with Crippen molar-refractivity contribution in [2.45, 2.75) is 19.4 Å². The van der Waals surface area contributed by atoms with Gasteiger partial charge >= 0.3 is 0 Å². The minimum absolute atomic E-state index is 0.00745. The summed E-state index contributed by atoms with van der Waals surface area (Å²) in [6.45, 7) is 0.796. The third-order valence-electron chi connectivity index (χ3n) is 4.20. The Hall–Kier alpha value is -3.13. The lowest BCUT2D eigenvalue weighted by Crippen LogP contribution is -2.36. The maximum atomic E-state index is 13.6. The Kier molecular flexibility index (Phi) is 5.10. The van der Waals surface area contributed by atoms with Gasteiger partial charge < -0.3 is 10.2 Å². The molecule has 126 valence electrons. The minimum atomic E-state index is -0.337. The lowest BCUT2D eigenvalue weighted by atomic mass is 10.0. The number of benzene rings is 2. The lowest BCUT2D eigenvalue weighted by Gasteiger charge is -2.29. The number of anilines is 1. The van der Waals surface area contributed by atoms with Crippen LogP contribution in [0.15, 0.2) is 60.3 Å². The van der Waals surface area contributed by atoms with Gasteiger partial charge in [-0.25, -0.2) is 4.39 Å². The van der Waals surface area contributed by atoms with Gasteiger partial charge in [0.05, 0.1) is 0 Å². The van der Waals surface area contributed by atoms with E-state index in [1.165, 1.54) is 12.3 Å². The van der Waals surface area contributed by atoms with Gasteiger partial charge in [-0.15, -0.1) is 0 Å². The van der Waals surface area contributed by atoms with E-state index in [0.29, 0.717) is 12.1 Å². The first-order chi connectivity index (χ1) is 12.2. The van der Waals surface area contributed by atoms with Crippen molar-refractivity contribution in [3.63, 3.8) is 0 Å². The molecule has 1 N–H and O–H groups in total. The zero-order valence-electron chi connectivity index (χ0n) is 13.7. The second-order valence-corrected chi connectivity index (χ2v) is 5.83. The Morgan fingerprint density at radius 3 is 2.80 bits per heavy atom. The first kappa shape index (κ1) is 16.7. The first-order valence-corrected chi connectivity index (χ1v) is 8.17. The fourth-order valence-corrected chi connectivity index (χ4v) is 2.94. The summed E-state index contributed by atoms with van der Waals surface area (Å²) in [5.74, 6) is -0.658. The maximum Gasteiger partial charge on any atom is 0.270 e. The van der Waals surface area contributed by atoms with Crippen LogP contribution in [0.2, 0.25) is 0 Å². The molecule has 5 heteroatoms. The molecule has 0 saturated heterocycles. The third-order valence-corrected chi connectivity index (χ3v) is 4.20. The highest BCUT2D eigenvalue weighted by Crippen LogP contribution is 2.27. The molecule has 2 aromatic carbocycles. The Bertz CT molecular complexity index is 854. The molecule has 0 radical (unpaired) electrons.